The van der Waals surface area contributed by atoms with Gasteiger partial charge in [0.05, 0.1) is 6.04 Å². The minimum atomic E-state index is -0.479. The Balaban J connectivity index is 2.29. The van der Waals surface area contributed by atoms with E-state index in [1.807, 2.05) is 51.9 Å². The molecule has 1 heterocycles. The summed E-state index contributed by atoms with van der Waals surface area (Å²) in [6, 6.07) is 8.20. The van der Waals surface area contributed by atoms with Crippen molar-refractivity contribution in [2.24, 2.45) is 0 Å². The van der Waals surface area contributed by atoms with Crippen LogP contribution in [0.1, 0.15) is 32.4 Å². The van der Waals surface area contributed by atoms with Gasteiger partial charge in [0.2, 0.25) is 0 Å². The normalized spacial score (nSPS) is 19.0. The lowest BCUT2D eigenvalue weighted by Gasteiger charge is -2.38. The molecule has 1 amide bonds. The van der Waals surface area contributed by atoms with Crippen molar-refractivity contribution >= 4 is 11.8 Å². The number of nitrogens with one attached hydrogen (secondary N) is 1. The second kappa shape index (κ2) is 6.57. The van der Waals surface area contributed by atoms with Crippen molar-refractivity contribution in [2.45, 2.75) is 32.4 Å². The molecule has 1 fully saturated rings. The Bertz CT molecular complexity index is 523. The summed E-state index contributed by atoms with van der Waals surface area (Å²) in [7, 11) is 4.04. The monoisotopic (exact) mass is 305 g/mol. The average Bonchev–Trinajstić information content (AvgIpc) is 2.45. The second-order valence-corrected chi connectivity index (χ2v) is 6.85. The maximum atomic E-state index is 12.5. The van der Waals surface area contributed by atoms with Crippen LogP contribution in [0.2, 0.25) is 0 Å². The minimum Gasteiger partial charge on any atom is -0.444 e. The quantitative estimate of drug-likeness (QED) is 0.912. The van der Waals surface area contributed by atoms with Gasteiger partial charge in [-0.3, -0.25) is 4.90 Å². The van der Waals surface area contributed by atoms with E-state index in [-0.39, 0.29) is 12.1 Å². The Hall–Kier alpha value is -1.75. The number of amides is 1. The average molecular weight is 305 g/mol. The van der Waals surface area contributed by atoms with Gasteiger partial charge in [-0.1, -0.05) is 18.2 Å². The Morgan fingerprint density at radius 3 is 2.64 bits per heavy atom. The highest BCUT2D eigenvalue weighted by molar-refractivity contribution is 5.70. The molecule has 1 saturated heterocycles. The highest BCUT2D eigenvalue weighted by atomic mass is 16.6. The highest BCUT2D eigenvalue weighted by Gasteiger charge is 2.32. The van der Waals surface area contributed by atoms with Gasteiger partial charge in [0.15, 0.2) is 0 Å². The van der Waals surface area contributed by atoms with E-state index in [0.29, 0.717) is 6.54 Å². The lowest BCUT2D eigenvalue weighted by molar-refractivity contribution is 0.0118. The summed E-state index contributed by atoms with van der Waals surface area (Å²) in [5.74, 6) is 0. The summed E-state index contributed by atoms with van der Waals surface area (Å²) < 4.78 is 5.57. The molecule has 1 aromatic carbocycles. The van der Waals surface area contributed by atoms with Gasteiger partial charge < -0.3 is 15.0 Å². The molecule has 5 heteroatoms. The van der Waals surface area contributed by atoms with Crippen LogP contribution in [0, 0.1) is 0 Å². The van der Waals surface area contributed by atoms with Crippen LogP contribution in [0.4, 0.5) is 10.5 Å². The van der Waals surface area contributed by atoms with Crippen molar-refractivity contribution in [3.8, 4) is 0 Å². The molecule has 0 aromatic heterocycles. The molecule has 0 bridgehead atoms. The van der Waals surface area contributed by atoms with Crippen molar-refractivity contribution in [1.29, 1.82) is 0 Å². The van der Waals surface area contributed by atoms with E-state index in [1.165, 1.54) is 0 Å². The zero-order valence-electron chi connectivity index (χ0n) is 14.2. The first-order chi connectivity index (χ1) is 10.3. The molecular weight excluding hydrogens is 278 g/mol. The second-order valence-electron chi connectivity index (χ2n) is 6.85. The first-order valence-electron chi connectivity index (χ1n) is 7.76. The number of para-hydroxylation sites is 1. The van der Waals surface area contributed by atoms with Gasteiger partial charge in [-0.05, 0) is 32.4 Å². The molecule has 1 aliphatic heterocycles. The predicted molar refractivity (Wildman–Crippen MR) is 89.3 cm³/mol. The molecule has 122 valence electrons. The van der Waals surface area contributed by atoms with Crippen LogP contribution in [0.3, 0.4) is 0 Å². The predicted octanol–water partition coefficient (Wildman–Crippen LogP) is 2.63. The molecular formula is C17H27N3O2. The van der Waals surface area contributed by atoms with E-state index >= 15 is 0 Å². The number of piperazine rings is 1. The number of hydrogen-bond acceptors (Lipinski definition) is 4. The summed E-state index contributed by atoms with van der Waals surface area (Å²) in [4.78, 5) is 16.5. The molecule has 0 radical (unpaired) electrons. The summed E-state index contributed by atoms with van der Waals surface area (Å²) in [6.07, 6.45) is -0.243. The lowest BCUT2D eigenvalue weighted by Crippen LogP contribution is -2.50. The van der Waals surface area contributed by atoms with Crippen LogP contribution in [0.15, 0.2) is 24.3 Å². The van der Waals surface area contributed by atoms with E-state index in [4.69, 9.17) is 4.74 Å². The van der Waals surface area contributed by atoms with E-state index in [1.54, 1.807) is 0 Å². The highest BCUT2D eigenvalue weighted by Crippen LogP contribution is 2.31. The first kappa shape index (κ1) is 16.6. The summed E-state index contributed by atoms with van der Waals surface area (Å²) >= 11 is 0. The van der Waals surface area contributed by atoms with Crippen LogP contribution in [0.25, 0.3) is 0 Å². The number of rotatable bonds is 2. The first-order valence-corrected chi connectivity index (χ1v) is 7.76. The fourth-order valence-corrected chi connectivity index (χ4v) is 2.70. The standard InChI is InChI=1S/C17H27N3O2/c1-17(2,3)22-16(21)20-11-10-18-12-15(20)13-8-6-7-9-14(13)19(4)5/h6-9,15,18H,10-12H2,1-5H3. The molecule has 2 rings (SSSR count). The summed E-state index contributed by atoms with van der Waals surface area (Å²) in [5, 5.41) is 3.38. The minimum absolute atomic E-state index is 0.0119. The third-order valence-electron chi connectivity index (χ3n) is 3.65. The molecule has 1 aliphatic rings. The van der Waals surface area contributed by atoms with Gasteiger partial charge in [0, 0.05) is 39.4 Å². The van der Waals surface area contributed by atoms with Crippen molar-refractivity contribution in [3.05, 3.63) is 29.8 Å². The maximum absolute atomic E-state index is 12.5. The van der Waals surface area contributed by atoms with E-state index in [9.17, 15) is 4.79 Å². The topological polar surface area (TPSA) is 44.8 Å². The molecule has 0 saturated carbocycles. The number of hydrogen-bond donors (Lipinski definition) is 1. The molecule has 0 aliphatic carbocycles. The molecule has 1 N–H and O–H groups in total. The zero-order chi connectivity index (χ0) is 16.3. The molecule has 22 heavy (non-hydrogen) atoms. The lowest BCUT2D eigenvalue weighted by atomic mass is 10.0. The van der Waals surface area contributed by atoms with Gasteiger partial charge in [-0.15, -0.1) is 0 Å². The SMILES string of the molecule is CN(C)c1ccccc1C1CNCCN1C(=O)OC(C)(C)C. The largest absolute Gasteiger partial charge is 0.444 e. The Morgan fingerprint density at radius 1 is 1.32 bits per heavy atom. The van der Waals surface area contributed by atoms with Crippen molar-refractivity contribution < 1.29 is 9.53 Å². The van der Waals surface area contributed by atoms with Crippen LogP contribution < -0.4 is 10.2 Å². The smallest absolute Gasteiger partial charge is 0.410 e. The third kappa shape index (κ3) is 3.91. The van der Waals surface area contributed by atoms with Gasteiger partial charge in [0.25, 0.3) is 0 Å². The number of benzene rings is 1. The Kier molecular flexibility index (Phi) is 4.96. The number of carbonyl (C=O) groups excluding carboxylic acids is 1. The molecule has 1 atom stereocenters. The van der Waals surface area contributed by atoms with E-state index in [0.717, 1.165) is 24.3 Å². The van der Waals surface area contributed by atoms with Gasteiger partial charge in [-0.25, -0.2) is 4.79 Å². The number of carbonyl (C=O) groups is 1. The summed E-state index contributed by atoms with van der Waals surface area (Å²) in [6.45, 7) is 7.88. The van der Waals surface area contributed by atoms with Gasteiger partial charge >= 0.3 is 6.09 Å². The fraction of sp³-hybridized carbons (Fsp3) is 0.588. The molecule has 1 aromatic rings. The van der Waals surface area contributed by atoms with Gasteiger partial charge in [-0.2, -0.15) is 0 Å². The maximum Gasteiger partial charge on any atom is 0.410 e. The van der Waals surface area contributed by atoms with Crippen molar-refractivity contribution in [3.63, 3.8) is 0 Å². The molecule has 5 nitrogen and oxygen atoms in total. The van der Waals surface area contributed by atoms with E-state index in [2.05, 4.69) is 22.3 Å². The molecule has 0 spiro atoms. The third-order valence-corrected chi connectivity index (χ3v) is 3.65. The Morgan fingerprint density at radius 2 is 2.00 bits per heavy atom. The zero-order valence-corrected chi connectivity index (χ0v) is 14.2. The number of nitrogens with zero attached hydrogens (tertiary/aromatic N) is 2. The van der Waals surface area contributed by atoms with E-state index < -0.39 is 5.60 Å². The van der Waals surface area contributed by atoms with Crippen LogP contribution in [-0.2, 0) is 4.74 Å². The fourth-order valence-electron chi connectivity index (χ4n) is 2.70. The van der Waals surface area contributed by atoms with Crippen LogP contribution in [0.5, 0.6) is 0 Å². The van der Waals surface area contributed by atoms with Gasteiger partial charge in [0.1, 0.15) is 5.60 Å². The Labute approximate surface area is 133 Å². The number of ether oxygens (including phenoxy) is 1. The van der Waals surface area contributed by atoms with Crippen molar-refractivity contribution in [1.82, 2.24) is 10.2 Å². The van der Waals surface area contributed by atoms with Crippen LogP contribution >= 0.6 is 0 Å². The van der Waals surface area contributed by atoms with Crippen LogP contribution in [-0.4, -0.2) is 50.3 Å². The summed E-state index contributed by atoms with van der Waals surface area (Å²) in [5.41, 5.74) is 1.79. The molecule has 1 unspecified atom stereocenters. The van der Waals surface area contributed by atoms with Crippen molar-refractivity contribution in [2.75, 3.05) is 38.6 Å². The number of anilines is 1.